The Bertz CT molecular complexity index is 231. The fourth-order valence-corrected chi connectivity index (χ4v) is 1.43. The summed E-state index contributed by atoms with van der Waals surface area (Å²) < 4.78 is 12.7. The second-order valence-corrected chi connectivity index (χ2v) is 3.43. The average Bonchev–Trinajstić information content (AvgIpc) is 2.32. The minimum atomic E-state index is -0.109. The Morgan fingerprint density at radius 2 is 2.23 bits per heavy atom. The number of allylic oxidation sites excluding steroid dienone is 6. The lowest BCUT2D eigenvalue weighted by atomic mass is 10.0. The van der Waals surface area contributed by atoms with Gasteiger partial charge in [-0.05, 0) is 31.4 Å². The topological polar surface area (TPSA) is 0 Å². The molecule has 0 nitrogen and oxygen atoms in total. The minimum absolute atomic E-state index is 0.109. The summed E-state index contributed by atoms with van der Waals surface area (Å²) in [7, 11) is 0. The third kappa shape index (κ3) is 4.07. The van der Waals surface area contributed by atoms with Crippen molar-refractivity contribution in [3.05, 3.63) is 35.7 Å². The van der Waals surface area contributed by atoms with Crippen LogP contribution in [0.3, 0.4) is 0 Å². The van der Waals surface area contributed by atoms with E-state index in [-0.39, 0.29) is 5.83 Å². The lowest BCUT2D eigenvalue weighted by Crippen LogP contribution is -1.82. The molecule has 0 N–H and O–H groups in total. The number of hydrogen-bond donors (Lipinski definition) is 0. The smallest absolute Gasteiger partial charge is 0.119 e. The SMILES string of the molecule is CCCCCC1=CC=CC(F)=CC1. The van der Waals surface area contributed by atoms with Gasteiger partial charge in [-0.15, -0.1) is 0 Å². The quantitative estimate of drug-likeness (QED) is 0.565. The highest BCUT2D eigenvalue weighted by Gasteiger charge is 1.98. The van der Waals surface area contributed by atoms with Gasteiger partial charge in [-0.3, -0.25) is 0 Å². The predicted molar refractivity (Wildman–Crippen MR) is 55.2 cm³/mol. The van der Waals surface area contributed by atoms with Gasteiger partial charge in [-0.2, -0.15) is 0 Å². The summed E-state index contributed by atoms with van der Waals surface area (Å²) in [4.78, 5) is 0. The first-order valence-corrected chi connectivity index (χ1v) is 5.04. The van der Waals surface area contributed by atoms with E-state index < -0.39 is 0 Å². The Hall–Kier alpha value is -0.850. The van der Waals surface area contributed by atoms with E-state index >= 15 is 0 Å². The first-order valence-electron chi connectivity index (χ1n) is 5.04. The van der Waals surface area contributed by atoms with Crippen molar-refractivity contribution < 1.29 is 4.39 Å². The van der Waals surface area contributed by atoms with Gasteiger partial charge in [0.05, 0.1) is 0 Å². The van der Waals surface area contributed by atoms with Crippen molar-refractivity contribution in [1.29, 1.82) is 0 Å². The third-order valence-electron chi connectivity index (χ3n) is 2.25. The van der Waals surface area contributed by atoms with Gasteiger partial charge in [0, 0.05) is 0 Å². The van der Waals surface area contributed by atoms with Gasteiger partial charge in [0.2, 0.25) is 0 Å². The first-order chi connectivity index (χ1) is 6.33. The summed E-state index contributed by atoms with van der Waals surface area (Å²) in [5, 5.41) is 0. The molecule has 0 unspecified atom stereocenters. The second kappa shape index (κ2) is 5.74. The molecule has 0 heterocycles. The third-order valence-corrected chi connectivity index (χ3v) is 2.25. The van der Waals surface area contributed by atoms with Gasteiger partial charge in [-0.25, -0.2) is 4.39 Å². The van der Waals surface area contributed by atoms with Crippen LogP contribution in [0.2, 0.25) is 0 Å². The largest absolute Gasteiger partial charge is 0.207 e. The molecule has 0 amide bonds. The molecule has 0 fully saturated rings. The zero-order chi connectivity index (χ0) is 9.52. The van der Waals surface area contributed by atoms with Crippen LogP contribution in [-0.4, -0.2) is 0 Å². The molecular weight excluding hydrogens is 163 g/mol. The van der Waals surface area contributed by atoms with Gasteiger partial charge >= 0.3 is 0 Å². The van der Waals surface area contributed by atoms with E-state index in [9.17, 15) is 4.39 Å². The molecule has 0 bridgehead atoms. The monoisotopic (exact) mass is 180 g/mol. The summed E-state index contributed by atoms with van der Waals surface area (Å²) in [5.41, 5.74) is 1.34. The van der Waals surface area contributed by atoms with E-state index in [2.05, 4.69) is 6.92 Å². The molecule has 1 aliphatic carbocycles. The normalized spacial score (nSPS) is 16.5. The maximum absolute atomic E-state index is 12.7. The maximum atomic E-state index is 12.7. The molecule has 0 radical (unpaired) electrons. The number of unbranched alkanes of at least 4 members (excludes halogenated alkanes) is 2. The zero-order valence-corrected chi connectivity index (χ0v) is 8.22. The molecule has 72 valence electrons. The second-order valence-electron chi connectivity index (χ2n) is 3.43. The summed E-state index contributed by atoms with van der Waals surface area (Å²) in [5.74, 6) is -0.109. The van der Waals surface area contributed by atoms with E-state index in [1.165, 1.54) is 30.9 Å². The Morgan fingerprint density at radius 1 is 1.38 bits per heavy atom. The van der Waals surface area contributed by atoms with Gasteiger partial charge in [0.15, 0.2) is 0 Å². The molecule has 0 atom stereocenters. The van der Waals surface area contributed by atoms with Crippen LogP contribution >= 0.6 is 0 Å². The van der Waals surface area contributed by atoms with Crippen LogP contribution in [0.15, 0.2) is 35.7 Å². The summed E-state index contributed by atoms with van der Waals surface area (Å²) in [6.45, 7) is 2.20. The Kier molecular flexibility index (Phi) is 4.52. The van der Waals surface area contributed by atoms with Gasteiger partial charge in [0.25, 0.3) is 0 Å². The average molecular weight is 180 g/mol. The molecular formula is C12H17F. The number of rotatable bonds is 4. The molecule has 0 saturated carbocycles. The Balaban J connectivity index is 2.35. The molecule has 1 rings (SSSR count). The van der Waals surface area contributed by atoms with Crippen LogP contribution < -0.4 is 0 Å². The van der Waals surface area contributed by atoms with Gasteiger partial charge in [0.1, 0.15) is 5.83 Å². The predicted octanol–water partition coefficient (Wildman–Crippen LogP) is 4.31. The zero-order valence-electron chi connectivity index (χ0n) is 8.22. The van der Waals surface area contributed by atoms with Crippen LogP contribution in [0.25, 0.3) is 0 Å². The molecule has 1 aliphatic rings. The highest BCUT2D eigenvalue weighted by molar-refractivity contribution is 5.26. The van der Waals surface area contributed by atoms with Crippen molar-refractivity contribution in [2.75, 3.05) is 0 Å². The van der Waals surface area contributed by atoms with E-state index in [1.54, 1.807) is 12.2 Å². The van der Waals surface area contributed by atoms with E-state index in [4.69, 9.17) is 0 Å². The number of hydrogen-bond acceptors (Lipinski definition) is 0. The molecule has 0 aliphatic heterocycles. The van der Waals surface area contributed by atoms with Crippen molar-refractivity contribution in [2.45, 2.75) is 39.0 Å². The van der Waals surface area contributed by atoms with Gasteiger partial charge in [-0.1, -0.05) is 37.5 Å². The summed E-state index contributed by atoms with van der Waals surface area (Å²) in [6, 6.07) is 0. The molecule has 0 aromatic carbocycles. The lowest BCUT2D eigenvalue weighted by molar-refractivity contribution is 0.660. The maximum Gasteiger partial charge on any atom is 0.119 e. The fourth-order valence-electron chi connectivity index (χ4n) is 1.43. The van der Waals surface area contributed by atoms with Crippen LogP contribution in [0.5, 0.6) is 0 Å². The summed E-state index contributed by atoms with van der Waals surface area (Å²) >= 11 is 0. The summed E-state index contributed by atoms with van der Waals surface area (Å²) in [6.07, 6.45) is 12.7. The van der Waals surface area contributed by atoms with E-state index in [1.807, 2.05) is 6.08 Å². The molecule has 0 saturated heterocycles. The van der Waals surface area contributed by atoms with Crippen molar-refractivity contribution >= 4 is 0 Å². The van der Waals surface area contributed by atoms with Crippen molar-refractivity contribution in [3.8, 4) is 0 Å². The molecule has 13 heavy (non-hydrogen) atoms. The van der Waals surface area contributed by atoms with Crippen LogP contribution in [0, 0.1) is 0 Å². The van der Waals surface area contributed by atoms with E-state index in [0.717, 1.165) is 12.8 Å². The standard InChI is InChI=1S/C12H17F/c1-2-3-4-6-11-7-5-8-12(13)10-9-11/h5,7-8,10H,2-4,6,9H2,1H3. The number of halogens is 1. The molecule has 0 spiro atoms. The van der Waals surface area contributed by atoms with Crippen molar-refractivity contribution in [3.63, 3.8) is 0 Å². The first kappa shape index (κ1) is 10.2. The van der Waals surface area contributed by atoms with Crippen LogP contribution in [0.1, 0.15) is 39.0 Å². The lowest BCUT2D eigenvalue weighted by Gasteiger charge is -2.01. The molecule has 0 aromatic rings. The highest BCUT2D eigenvalue weighted by atomic mass is 19.1. The van der Waals surface area contributed by atoms with Crippen molar-refractivity contribution in [1.82, 2.24) is 0 Å². The van der Waals surface area contributed by atoms with Crippen LogP contribution in [0.4, 0.5) is 4.39 Å². The molecule has 1 heteroatoms. The Morgan fingerprint density at radius 3 is 3.00 bits per heavy atom. The van der Waals surface area contributed by atoms with Crippen molar-refractivity contribution in [2.24, 2.45) is 0 Å². The Labute approximate surface area is 79.8 Å². The van der Waals surface area contributed by atoms with Crippen LogP contribution in [-0.2, 0) is 0 Å². The highest BCUT2D eigenvalue weighted by Crippen LogP contribution is 2.17. The minimum Gasteiger partial charge on any atom is -0.207 e. The van der Waals surface area contributed by atoms with Gasteiger partial charge < -0.3 is 0 Å². The fraction of sp³-hybridized carbons (Fsp3) is 0.500. The van der Waals surface area contributed by atoms with E-state index in [0.29, 0.717) is 0 Å². The molecule has 0 aromatic heterocycles.